The summed E-state index contributed by atoms with van der Waals surface area (Å²) in [5.74, 6) is 0.661. The third-order valence-corrected chi connectivity index (χ3v) is 13.3. The van der Waals surface area contributed by atoms with Crippen molar-refractivity contribution in [2.45, 2.75) is 27.7 Å². The average molecular weight is 862 g/mol. The van der Waals surface area contributed by atoms with Gasteiger partial charge in [0.1, 0.15) is 11.0 Å². The number of benzene rings is 7. The number of hydrogen-bond acceptors (Lipinski definition) is 4. The quantitative estimate of drug-likeness (QED) is 0.167. The molecule has 0 bridgehead atoms. The first-order valence-corrected chi connectivity index (χ1v) is 22.8. The monoisotopic (exact) mass is 861 g/mol. The summed E-state index contributed by atoms with van der Waals surface area (Å²) in [6, 6.07) is 63.3. The van der Waals surface area contributed by atoms with Gasteiger partial charge in [-0.15, -0.1) is 0 Å². The van der Waals surface area contributed by atoms with E-state index in [-0.39, 0.29) is 0 Å². The van der Waals surface area contributed by atoms with E-state index in [2.05, 4.69) is 181 Å². The molecule has 6 heterocycles. The molecule has 0 spiro atoms. The van der Waals surface area contributed by atoms with E-state index < -0.39 is 0 Å². The predicted molar refractivity (Wildman–Crippen MR) is 276 cm³/mol. The van der Waals surface area contributed by atoms with Crippen molar-refractivity contribution < 1.29 is 0 Å². The lowest BCUT2D eigenvalue weighted by Gasteiger charge is -2.23. The largest absolute Gasteiger partial charge is 0.307 e. The molecule has 0 atom stereocenters. The van der Waals surface area contributed by atoms with E-state index in [9.17, 15) is 0 Å². The van der Waals surface area contributed by atoms with Crippen LogP contribution in [0, 0.1) is 27.7 Å². The van der Waals surface area contributed by atoms with Gasteiger partial charge in [-0.1, -0.05) is 107 Å². The SMILES string of the molecule is Cc1ccc2c(c1)c1cc(C)ccc1n2-c1cc(-c2cc(-c3ccccc3)nc(-c3ccccc3)n2)cc(-n2c3ccc(C)cc3c3cc(C)ccc32)c1-n1c2cccnc2c2ncccc21. The number of pyridine rings is 2. The Morgan fingerprint density at radius 1 is 0.328 bits per heavy atom. The molecule has 13 rings (SSSR count). The molecule has 7 nitrogen and oxygen atoms in total. The highest BCUT2D eigenvalue weighted by molar-refractivity contribution is 6.13. The maximum Gasteiger partial charge on any atom is 0.160 e. The number of nitrogens with zero attached hydrogens (tertiary/aromatic N) is 7. The summed E-state index contributed by atoms with van der Waals surface area (Å²) in [6.07, 6.45) is 3.73. The zero-order chi connectivity index (χ0) is 44.9. The van der Waals surface area contributed by atoms with Crippen molar-refractivity contribution in [2.75, 3.05) is 0 Å². The zero-order valence-electron chi connectivity index (χ0n) is 37.5. The summed E-state index contributed by atoms with van der Waals surface area (Å²) < 4.78 is 7.33. The van der Waals surface area contributed by atoms with Crippen molar-refractivity contribution in [3.63, 3.8) is 0 Å². The van der Waals surface area contributed by atoms with Crippen molar-refractivity contribution in [2.24, 2.45) is 0 Å². The average Bonchev–Trinajstić information content (AvgIpc) is 3.98. The lowest BCUT2D eigenvalue weighted by atomic mass is 10.0. The fourth-order valence-electron chi connectivity index (χ4n) is 10.3. The summed E-state index contributed by atoms with van der Waals surface area (Å²) in [6.45, 7) is 8.71. The molecular formula is C60H43N7. The van der Waals surface area contributed by atoms with E-state index in [0.29, 0.717) is 5.82 Å². The second kappa shape index (κ2) is 14.9. The van der Waals surface area contributed by atoms with Crippen molar-refractivity contribution >= 4 is 65.7 Å². The Morgan fingerprint density at radius 2 is 0.731 bits per heavy atom. The number of aryl methyl sites for hydroxylation is 4. The molecule has 0 N–H and O–H groups in total. The molecule has 0 saturated heterocycles. The maximum atomic E-state index is 5.48. The Morgan fingerprint density at radius 3 is 1.16 bits per heavy atom. The molecule has 0 radical (unpaired) electrons. The van der Waals surface area contributed by atoms with Crippen LogP contribution in [0.4, 0.5) is 0 Å². The van der Waals surface area contributed by atoms with Crippen molar-refractivity contribution in [1.82, 2.24) is 33.6 Å². The minimum absolute atomic E-state index is 0.661. The second-order valence-corrected chi connectivity index (χ2v) is 17.9. The topological polar surface area (TPSA) is 66.3 Å². The van der Waals surface area contributed by atoms with Crippen molar-refractivity contribution in [3.05, 3.63) is 211 Å². The van der Waals surface area contributed by atoms with E-state index in [1.54, 1.807) is 0 Å². The first-order chi connectivity index (χ1) is 32.9. The molecule has 0 amide bonds. The van der Waals surface area contributed by atoms with Crippen molar-refractivity contribution in [3.8, 4) is 51.0 Å². The molecule has 67 heavy (non-hydrogen) atoms. The second-order valence-electron chi connectivity index (χ2n) is 17.9. The van der Waals surface area contributed by atoms with Crippen LogP contribution < -0.4 is 0 Å². The van der Waals surface area contributed by atoms with Gasteiger partial charge < -0.3 is 13.7 Å². The molecule has 13 aromatic rings. The summed E-state index contributed by atoms with van der Waals surface area (Å²) >= 11 is 0. The van der Waals surface area contributed by atoms with Gasteiger partial charge in [-0.25, -0.2) is 9.97 Å². The normalized spacial score (nSPS) is 11.9. The Bertz CT molecular complexity index is 3760. The first-order valence-electron chi connectivity index (χ1n) is 22.8. The number of fused-ring (bicyclic) bond motifs is 9. The fourth-order valence-corrected chi connectivity index (χ4v) is 10.3. The van der Waals surface area contributed by atoms with Gasteiger partial charge in [0.05, 0.1) is 61.6 Å². The lowest BCUT2D eigenvalue weighted by Crippen LogP contribution is -2.10. The molecule has 0 unspecified atom stereocenters. The van der Waals surface area contributed by atoms with E-state index in [0.717, 1.165) is 89.3 Å². The third-order valence-electron chi connectivity index (χ3n) is 13.3. The highest BCUT2D eigenvalue weighted by Crippen LogP contribution is 2.45. The highest BCUT2D eigenvalue weighted by Gasteiger charge is 2.27. The molecule has 6 aromatic heterocycles. The minimum Gasteiger partial charge on any atom is -0.307 e. The summed E-state index contributed by atoms with van der Waals surface area (Å²) in [5.41, 5.74) is 20.4. The molecule has 7 aromatic carbocycles. The Labute approximate surface area is 386 Å². The van der Waals surface area contributed by atoms with Gasteiger partial charge in [0.15, 0.2) is 5.82 Å². The molecule has 0 aliphatic heterocycles. The smallest absolute Gasteiger partial charge is 0.160 e. The molecule has 0 saturated carbocycles. The van der Waals surface area contributed by atoms with Crippen LogP contribution in [0.2, 0.25) is 0 Å². The van der Waals surface area contributed by atoms with Gasteiger partial charge >= 0.3 is 0 Å². The lowest BCUT2D eigenvalue weighted by molar-refractivity contribution is 1.05. The molecule has 0 fully saturated rings. The predicted octanol–water partition coefficient (Wildman–Crippen LogP) is 14.8. The van der Waals surface area contributed by atoms with Crippen LogP contribution in [0.15, 0.2) is 188 Å². The van der Waals surface area contributed by atoms with Crippen LogP contribution in [-0.4, -0.2) is 33.6 Å². The van der Waals surface area contributed by atoms with E-state index in [4.69, 9.17) is 19.9 Å². The van der Waals surface area contributed by atoms with Gasteiger partial charge in [0, 0.05) is 50.6 Å². The van der Waals surface area contributed by atoms with Gasteiger partial charge in [-0.05, 0) is 119 Å². The number of rotatable bonds is 6. The van der Waals surface area contributed by atoms with Crippen LogP contribution in [0.25, 0.3) is 117 Å². The van der Waals surface area contributed by atoms with Crippen molar-refractivity contribution in [1.29, 1.82) is 0 Å². The van der Waals surface area contributed by atoms with Crippen LogP contribution in [0.3, 0.4) is 0 Å². The Hall–Kier alpha value is -8.68. The summed E-state index contributed by atoms with van der Waals surface area (Å²) in [7, 11) is 0. The van der Waals surface area contributed by atoms with Crippen LogP contribution >= 0.6 is 0 Å². The molecule has 0 aliphatic carbocycles. The maximum absolute atomic E-state index is 5.48. The van der Waals surface area contributed by atoms with E-state index >= 15 is 0 Å². The van der Waals surface area contributed by atoms with Crippen LogP contribution in [-0.2, 0) is 0 Å². The summed E-state index contributed by atoms with van der Waals surface area (Å²) in [4.78, 5) is 20.7. The van der Waals surface area contributed by atoms with E-state index in [1.807, 2.05) is 48.8 Å². The minimum atomic E-state index is 0.661. The van der Waals surface area contributed by atoms with Gasteiger partial charge in [-0.3, -0.25) is 9.97 Å². The zero-order valence-corrected chi connectivity index (χ0v) is 37.5. The molecule has 318 valence electrons. The third kappa shape index (κ3) is 6.12. The number of hydrogen-bond donors (Lipinski definition) is 0. The Kier molecular flexibility index (Phi) is 8.64. The van der Waals surface area contributed by atoms with Gasteiger partial charge in [0.25, 0.3) is 0 Å². The van der Waals surface area contributed by atoms with Crippen LogP contribution in [0.1, 0.15) is 22.3 Å². The molecular weight excluding hydrogens is 819 g/mol. The summed E-state index contributed by atoms with van der Waals surface area (Å²) in [5, 5.41) is 4.80. The first kappa shape index (κ1) is 38.8. The van der Waals surface area contributed by atoms with Gasteiger partial charge in [-0.2, -0.15) is 0 Å². The Balaban J connectivity index is 1.27. The standard InChI is InChI=1S/C60H43N7/c1-36-19-23-49-43(29-36)44-30-37(2)20-24-50(44)65(49)55-33-42(48-35-47(40-13-7-5-8-14-40)63-60(64-48)41-15-9-6-10-16-41)34-56(59(55)67-53-17-11-27-61-57(53)58-54(67)18-12-28-62-58)66-51-25-21-38(3)31-45(51)46-32-39(4)22-26-52(46)66/h5-35H,1-4H3. The van der Waals surface area contributed by atoms with E-state index in [1.165, 1.54) is 43.8 Å². The molecule has 7 heteroatoms. The molecule has 0 aliphatic rings. The highest BCUT2D eigenvalue weighted by atomic mass is 15.1. The van der Waals surface area contributed by atoms with Gasteiger partial charge in [0.2, 0.25) is 0 Å². The fraction of sp³-hybridized carbons (Fsp3) is 0.0667. The number of aromatic nitrogens is 7. The van der Waals surface area contributed by atoms with Crippen LogP contribution in [0.5, 0.6) is 0 Å².